The van der Waals surface area contributed by atoms with Crippen molar-refractivity contribution in [3.05, 3.63) is 72.8 Å². The molecule has 0 amide bonds. The fourth-order valence-electron chi connectivity index (χ4n) is 3.10. The number of benzene rings is 1. The third-order valence-corrected chi connectivity index (χ3v) is 5.13. The van der Waals surface area contributed by atoms with Crippen molar-refractivity contribution in [3.63, 3.8) is 0 Å². The van der Waals surface area contributed by atoms with Gasteiger partial charge >= 0.3 is 0 Å². The van der Waals surface area contributed by atoms with Gasteiger partial charge in [-0.2, -0.15) is 0 Å². The lowest BCUT2D eigenvalue weighted by molar-refractivity contribution is 0.683. The standard InChI is InChI=1S/C20H17N3OS/c1-14-11-17(7-10-22-14)20-13-18-12-16(15-5-8-21-9-6-15)3-4-19(18)23(20)25(2)24/h3-13H,1-2H3. The second-order valence-electron chi connectivity index (χ2n) is 5.94. The Morgan fingerprint density at radius 1 is 0.880 bits per heavy atom. The Morgan fingerprint density at radius 3 is 2.36 bits per heavy atom. The molecular formula is C20H17N3OS. The third-order valence-electron chi connectivity index (χ3n) is 4.22. The van der Waals surface area contributed by atoms with E-state index in [2.05, 4.69) is 28.2 Å². The summed E-state index contributed by atoms with van der Waals surface area (Å²) in [6, 6.07) is 16.3. The van der Waals surface area contributed by atoms with Crippen LogP contribution in [0.2, 0.25) is 0 Å². The SMILES string of the molecule is Cc1cc(-c2cc3cc(-c4ccncc4)ccc3n2S(C)=O)ccn1. The van der Waals surface area contributed by atoms with Crippen LogP contribution in [0.5, 0.6) is 0 Å². The summed E-state index contributed by atoms with van der Waals surface area (Å²) in [5.41, 5.74) is 6.09. The minimum absolute atomic E-state index is 0.938. The Bertz CT molecular complexity index is 1090. The summed E-state index contributed by atoms with van der Waals surface area (Å²) in [6.45, 7) is 1.96. The zero-order valence-electron chi connectivity index (χ0n) is 14.0. The van der Waals surface area contributed by atoms with Crippen molar-refractivity contribution in [3.8, 4) is 22.4 Å². The fourth-order valence-corrected chi connectivity index (χ4v) is 3.98. The van der Waals surface area contributed by atoms with Crippen LogP contribution in [0.3, 0.4) is 0 Å². The minimum atomic E-state index is -1.16. The van der Waals surface area contributed by atoms with E-state index in [4.69, 9.17) is 0 Å². The maximum atomic E-state index is 12.4. The summed E-state index contributed by atoms with van der Waals surface area (Å²) in [5, 5.41) is 1.06. The first kappa shape index (κ1) is 15.7. The Kier molecular flexibility index (Phi) is 3.93. The van der Waals surface area contributed by atoms with Crippen molar-refractivity contribution in [2.45, 2.75) is 6.92 Å². The Balaban J connectivity index is 1.95. The molecule has 0 saturated heterocycles. The summed E-state index contributed by atoms with van der Waals surface area (Å²) in [6.07, 6.45) is 7.06. The number of pyridine rings is 2. The molecule has 0 aliphatic heterocycles. The van der Waals surface area contributed by atoms with Crippen molar-refractivity contribution >= 4 is 21.9 Å². The first-order chi connectivity index (χ1) is 12.1. The molecule has 0 radical (unpaired) electrons. The van der Waals surface area contributed by atoms with Gasteiger partial charge in [-0.15, -0.1) is 0 Å². The van der Waals surface area contributed by atoms with E-state index in [1.165, 1.54) is 0 Å². The smallest absolute Gasteiger partial charge is 0.121 e. The van der Waals surface area contributed by atoms with Gasteiger partial charge in [-0.05, 0) is 60.5 Å². The molecule has 0 aliphatic rings. The summed E-state index contributed by atoms with van der Waals surface area (Å²) in [5.74, 6) is 0. The van der Waals surface area contributed by atoms with Gasteiger partial charge in [0.05, 0.1) is 11.2 Å². The molecule has 0 bridgehead atoms. The number of fused-ring (bicyclic) bond motifs is 1. The van der Waals surface area contributed by atoms with Crippen LogP contribution >= 0.6 is 0 Å². The second kappa shape index (κ2) is 6.26. The zero-order chi connectivity index (χ0) is 17.4. The summed E-state index contributed by atoms with van der Waals surface area (Å²) in [7, 11) is -1.16. The van der Waals surface area contributed by atoms with E-state index in [1.807, 2.05) is 41.2 Å². The molecule has 1 atom stereocenters. The van der Waals surface area contributed by atoms with Crippen molar-refractivity contribution in [2.75, 3.05) is 6.26 Å². The largest absolute Gasteiger partial charge is 0.265 e. The average Bonchev–Trinajstić information content (AvgIpc) is 3.01. The summed E-state index contributed by atoms with van der Waals surface area (Å²) < 4.78 is 14.3. The molecule has 1 aromatic carbocycles. The van der Waals surface area contributed by atoms with E-state index in [1.54, 1.807) is 24.8 Å². The molecule has 1 unspecified atom stereocenters. The van der Waals surface area contributed by atoms with Gasteiger partial charge in [-0.3, -0.25) is 13.9 Å². The van der Waals surface area contributed by atoms with Gasteiger partial charge < -0.3 is 0 Å². The van der Waals surface area contributed by atoms with Crippen LogP contribution in [0.1, 0.15) is 5.69 Å². The van der Waals surface area contributed by atoms with Crippen LogP contribution in [-0.2, 0) is 11.0 Å². The third kappa shape index (κ3) is 2.87. The van der Waals surface area contributed by atoms with Crippen molar-refractivity contribution < 1.29 is 4.21 Å². The van der Waals surface area contributed by atoms with Gasteiger partial charge in [-0.1, -0.05) is 6.07 Å². The number of rotatable bonds is 3. The quantitative estimate of drug-likeness (QED) is 0.557. The molecule has 5 heteroatoms. The molecule has 0 N–H and O–H groups in total. The van der Waals surface area contributed by atoms with Crippen molar-refractivity contribution in [2.24, 2.45) is 0 Å². The van der Waals surface area contributed by atoms with Crippen LogP contribution in [0.4, 0.5) is 0 Å². The normalized spacial score (nSPS) is 12.4. The number of nitrogens with zero attached hydrogens (tertiary/aromatic N) is 3. The maximum Gasteiger partial charge on any atom is 0.121 e. The fraction of sp³-hybridized carbons (Fsp3) is 0.100. The van der Waals surface area contributed by atoms with E-state index in [9.17, 15) is 4.21 Å². The number of aromatic nitrogens is 3. The van der Waals surface area contributed by atoms with Crippen LogP contribution < -0.4 is 0 Å². The molecule has 0 aliphatic carbocycles. The first-order valence-electron chi connectivity index (χ1n) is 7.96. The second-order valence-corrected chi connectivity index (χ2v) is 7.16. The molecule has 3 heterocycles. The van der Waals surface area contributed by atoms with Gasteiger partial charge in [-0.25, -0.2) is 4.21 Å². The molecule has 4 nitrogen and oxygen atoms in total. The number of aryl methyl sites for hydroxylation is 1. The highest BCUT2D eigenvalue weighted by atomic mass is 32.2. The monoisotopic (exact) mass is 347 g/mol. The molecule has 4 aromatic rings. The lowest BCUT2D eigenvalue weighted by atomic mass is 10.1. The van der Waals surface area contributed by atoms with Gasteiger partial charge in [0.2, 0.25) is 0 Å². The van der Waals surface area contributed by atoms with E-state index < -0.39 is 11.0 Å². The Labute approximate surface area is 148 Å². The van der Waals surface area contributed by atoms with E-state index >= 15 is 0 Å². The lowest BCUT2D eigenvalue weighted by Gasteiger charge is -2.08. The summed E-state index contributed by atoms with van der Waals surface area (Å²) in [4.78, 5) is 8.33. The van der Waals surface area contributed by atoms with Gasteiger partial charge in [0, 0.05) is 41.5 Å². The topological polar surface area (TPSA) is 47.8 Å². The number of hydrogen-bond donors (Lipinski definition) is 0. The first-order valence-corrected chi connectivity index (χ1v) is 9.48. The highest BCUT2D eigenvalue weighted by molar-refractivity contribution is 7.83. The van der Waals surface area contributed by atoms with E-state index in [0.29, 0.717) is 0 Å². The lowest BCUT2D eigenvalue weighted by Crippen LogP contribution is -2.03. The molecule has 124 valence electrons. The molecule has 3 aromatic heterocycles. The highest BCUT2D eigenvalue weighted by Crippen LogP contribution is 2.32. The highest BCUT2D eigenvalue weighted by Gasteiger charge is 2.14. The molecule has 4 rings (SSSR count). The predicted octanol–water partition coefficient (Wildman–Crippen LogP) is 4.22. The van der Waals surface area contributed by atoms with E-state index in [0.717, 1.165) is 39.0 Å². The molecular weight excluding hydrogens is 330 g/mol. The number of hydrogen-bond acceptors (Lipinski definition) is 3. The van der Waals surface area contributed by atoms with E-state index in [-0.39, 0.29) is 0 Å². The summed E-state index contributed by atoms with van der Waals surface area (Å²) >= 11 is 0. The maximum absolute atomic E-state index is 12.4. The van der Waals surface area contributed by atoms with Crippen LogP contribution in [0, 0.1) is 6.92 Å². The predicted molar refractivity (Wildman–Crippen MR) is 103 cm³/mol. The molecule has 0 fully saturated rings. The van der Waals surface area contributed by atoms with Crippen LogP contribution in [0.15, 0.2) is 67.1 Å². The van der Waals surface area contributed by atoms with Gasteiger partial charge in [0.25, 0.3) is 0 Å². The minimum Gasteiger partial charge on any atom is -0.265 e. The van der Waals surface area contributed by atoms with Crippen molar-refractivity contribution in [1.82, 2.24) is 13.9 Å². The Morgan fingerprint density at radius 2 is 1.64 bits per heavy atom. The average molecular weight is 347 g/mol. The Hall–Kier alpha value is -2.79. The van der Waals surface area contributed by atoms with Crippen molar-refractivity contribution in [1.29, 1.82) is 0 Å². The molecule has 0 saturated carbocycles. The van der Waals surface area contributed by atoms with Crippen LogP contribution in [-0.4, -0.2) is 24.4 Å². The van der Waals surface area contributed by atoms with Gasteiger partial charge in [0.1, 0.15) is 11.0 Å². The molecule has 25 heavy (non-hydrogen) atoms. The van der Waals surface area contributed by atoms with Gasteiger partial charge in [0.15, 0.2) is 0 Å². The zero-order valence-corrected chi connectivity index (χ0v) is 14.8. The van der Waals surface area contributed by atoms with Crippen LogP contribution in [0.25, 0.3) is 33.3 Å². The molecule has 0 spiro atoms.